The molecule has 0 N–H and O–H groups in total. The average Bonchev–Trinajstić information content (AvgIpc) is 2.70. The third-order valence-electron chi connectivity index (χ3n) is 4.33. The molecule has 3 rings (SSSR count). The smallest absolute Gasteiger partial charge is 0.275 e. The maximum absolute atomic E-state index is 13.2. The average molecular weight is 361 g/mol. The van der Waals surface area contributed by atoms with Gasteiger partial charge in [-0.05, 0) is 23.6 Å². The Morgan fingerprint density at radius 2 is 1.76 bits per heavy atom. The van der Waals surface area contributed by atoms with Crippen LogP contribution in [-0.4, -0.2) is 16.6 Å². The number of benzene rings is 2. The summed E-state index contributed by atoms with van der Waals surface area (Å²) in [6.45, 7) is 4.06. The third-order valence-corrected chi connectivity index (χ3v) is 4.72. The van der Waals surface area contributed by atoms with Crippen molar-refractivity contribution in [3.63, 3.8) is 0 Å². The van der Waals surface area contributed by atoms with Gasteiger partial charge in [0.1, 0.15) is 0 Å². The van der Waals surface area contributed by atoms with Gasteiger partial charge >= 0.3 is 6.18 Å². The number of halogens is 3. The monoisotopic (exact) mass is 361 g/mol. The molecule has 0 aliphatic carbocycles. The van der Waals surface area contributed by atoms with E-state index in [1.165, 1.54) is 12.1 Å². The van der Waals surface area contributed by atoms with Crippen LogP contribution in [0, 0.1) is 5.92 Å². The molecule has 0 spiro atoms. The van der Waals surface area contributed by atoms with Crippen LogP contribution in [0.25, 0.3) is 0 Å². The highest BCUT2D eigenvalue weighted by Crippen LogP contribution is 2.33. The van der Waals surface area contributed by atoms with Crippen molar-refractivity contribution in [2.45, 2.75) is 32.5 Å². The predicted molar refractivity (Wildman–Crippen MR) is 98.5 cm³/mol. The maximum Gasteiger partial charge on any atom is 0.416 e. The Kier molecular flexibility index (Phi) is 4.78. The lowest BCUT2D eigenvalue weighted by atomic mass is 9.93. The van der Waals surface area contributed by atoms with Crippen molar-refractivity contribution >= 4 is 22.8 Å². The van der Waals surface area contributed by atoms with E-state index in [9.17, 15) is 13.2 Å². The van der Waals surface area contributed by atoms with Crippen LogP contribution in [0.5, 0.6) is 0 Å². The van der Waals surface area contributed by atoms with Crippen LogP contribution >= 0.6 is 12.2 Å². The van der Waals surface area contributed by atoms with E-state index in [4.69, 9.17) is 17.2 Å². The number of fused-ring (bicyclic) bond motifs is 1. The van der Waals surface area contributed by atoms with Crippen LogP contribution in [0.15, 0.2) is 53.5 Å². The molecule has 2 aromatic rings. The van der Waals surface area contributed by atoms with Gasteiger partial charge in [0.05, 0.1) is 17.3 Å². The van der Waals surface area contributed by atoms with Crippen LogP contribution in [0.1, 0.15) is 36.1 Å². The van der Waals surface area contributed by atoms with Gasteiger partial charge in [-0.3, -0.25) is 4.99 Å². The molecule has 1 aliphatic rings. The molecule has 0 saturated carbocycles. The summed E-state index contributed by atoms with van der Waals surface area (Å²) in [5, 5.41) is 0. The molecule has 25 heavy (non-hydrogen) atoms. The molecule has 1 heterocycles. The predicted octanol–water partition coefficient (Wildman–Crippen LogP) is 5.49. The first kappa shape index (κ1) is 17.8. The maximum atomic E-state index is 13.2. The molecule has 0 saturated heterocycles. The second-order valence-corrected chi connectivity index (χ2v) is 7.07. The topological polar surface area (TPSA) is 12.4 Å². The summed E-state index contributed by atoms with van der Waals surface area (Å²) >= 11 is 5.55. The minimum absolute atomic E-state index is 0.183. The van der Waals surface area contributed by atoms with Gasteiger partial charge in [0.15, 0.2) is 0 Å². The van der Waals surface area contributed by atoms with Crippen LogP contribution in [0.3, 0.4) is 0 Å². The standard InChI is InChI=1S/C20H18F3NS/c1-12(2)18-17(25)10-14-8-9-15(20(21,22)23)11-16(14)19(24-18)13-6-4-3-5-7-13/h3-9,11-12,18H,10H2,1-2H3/t18-/m0/s1. The highest BCUT2D eigenvalue weighted by Gasteiger charge is 2.33. The number of alkyl halides is 3. The molecule has 5 heteroatoms. The van der Waals surface area contributed by atoms with Crippen molar-refractivity contribution in [1.29, 1.82) is 0 Å². The van der Waals surface area contributed by atoms with Crippen LogP contribution < -0.4 is 0 Å². The van der Waals surface area contributed by atoms with Gasteiger partial charge < -0.3 is 0 Å². The molecule has 130 valence electrons. The molecule has 0 bridgehead atoms. The highest BCUT2D eigenvalue weighted by molar-refractivity contribution is 7.80. The van der Waals surface area contributed by atoms with Gasteiger partial charge in [-0.15, -0.1) is 0 Å². The Morgan fingerprint density at radius 1 is 1.08 bits per heavy atom. The van der Waals surface area contributed by atoms with Gasteiger partial charge in [0.2, 0.25) is 0 Å². The summed E-state index contributed by atoms with van der Waals surface area (Å²) in [5.74, 6) is 0.183. The zero-order valence-corrected chi connectivity index (χ0v) is 14.8. The van der Waals surface area contributed by atoms with E-state index in [-0.39, 0.29) is 12.0 Å². The quantitative estimate of drug-likeness (QED) is 0.644. The number of rotatable bonds is 2. The SMILES string of the molecule is CC(C)[C@@H]1N=C(c2ccccc2)c2cc(C(F)(F)F)ccc2CC1=S. The number of hydrogen-bond acceptors (Lipinski definition) is 2. The van der Waals surface area contributed by atoms with Gasteiger partial charge in [0, 0.05) is 22.4 Å². The summed E-state index contributed by atoms with van der Waals surface area (Å²) < 4.78 is 39.6. The molecule has 0 amide bonds. The summed E-state index contributed by atoms with van der Waals surface area (Å²) in [6.07, 6.45) is -3.92. The fourth-order valence-electron chi connectivity index (χ4n) is 3.05. The first-order valence-corrected chi connectivity index (χ1v) is 8.54. The Morgan fingerprint density at radius 3 is 2.36 bits per heavy atom. The lowest BCUT2D eigenvalue weighted by Gasteiger charge is -2.17. The van der Waals surface area contributed by atoms with Crippen LogP contribution in [0.4, 0.5) is 13.2 Å². The number of thiocarbonyl (C=S) groups is 1. The lowest BCUT2D eigenvalue weighted by Crippen LogP contribution is -2.24. The summed E-state index contributed by atoms with van der Waals surface area (Å²) in [5.41, 5.74) is 2.04. The molecule has 0 fully saturated rings. The second-order valence-electron chi connectivity index (χ2n) is 6.55. The Labute approximate surface area is 150 Å². The third kappa shape index (κ3) is 3.66. The minimum atomic E-state index is -4.39. The van der Waals surface area contributed by atoms with Gasteiger partial charge in [-0.1, -0.05) is 62.5 Å². The van der Waals surface area contributed by atoms with E-state index in [2.05, 4.69) is 0 Å². The van der Waals surface area contributed by atoms with Crippen molar-refractivity contribution in [2.75, 3.05) is 0 Å². The Balaban J connectivity index is 2.24. The molecule has 1 atom stereocenters. The van der Waals surface area contributed by atoms with Crippen molar-refractivity contribution < 1.29 is 13.2 Å². The molecule has 0 unspecified atom stereocenters. The first-order chi connectivity index (χ1) is 11.8. The van der Waals surface area contributed by atoms with Crippen molar-refractivity contribution in [2.24, 2.45) is 10.9 Å². The molecule has 1 nitrogen and oxygen atoms in total. The van der Waals surface area contributed by atoms with E-state index in [1.54, 1.807) is 0 Å². The van der Waals surface area contributed by atoms with Gasteiger partial charge in [0.25, 0.3) is 0 Å². The zero-order chi connectivity index (χ0) is 18.2. The normalized spacial score (nSPS) is 17.9. The van der Waals surface area contributed by atoms with Crippen molar-refractivity contribution in [3.8, 4) is 0 Å². The fourth-order valence-corrected chi connectivity index (χ4v) is 3.53. The van der Waals surface area contributed by atoms with Crippen molar-refractivity contribution in [1.82, 2.24) is 0 Å². The zero-order valence-electron chi connectivity index (χ0n) is 14.0. The van der Waals surface area contributed by atoms with Gasteiger partial charge in [-0.25, -0.2) is 0 Å². The number of hydrogen-bond donors (Lipinski definition) is 0. The van der Waals surface area contributed by atoms with E-state index < -0.39 is 11.7 Å². The van der Waals surface area contributed by atoms with E-state index >= 15 is 0 Å². The highest BCUT2D eigenvalue weighted by atomic mass is 32.1. The van der Waals surface area contributed by atoms with Crippen LogP contribution in [0.2, 0.25) is 0 Å². The fraction of sp³-hybridized carbons (Fsp3) is 0.300. The van der Waals surface area contributed by atoms with E-state index in [0.29, 0.717) is 17.7 Å². The number of aliphatic imine (C=N–C) groups is 1. The molecule has 0 aromatic heterocycles. The van der Waals surface area contributed by atoms with Crippen molar-refractivity contribution in [3.05, 3.63) is 70.8 Å². The molecule has 0 radical (unpaired) electrons. The summed E-state index contributed by atoms with van der Waals surface area (Å²) in [4.78, 5) is 5.56. The Bertz CT molecular complexity index is 823. The summed E-state index contributed by atoms with van der Waals surface area (Å²) in [6, 6.07) is 13.0. The molecular formula is C20H18F3NS. The first-order valence-electron chi connectivity index (χ1n) is 8.14. The second kappa shape index (κ2) is 6.71. The molecular weight excluding hydrogens is 343 g/mol. The summed E-state index contributed by atoms with van der Waals surface area (Å²) in [7, 11) is 0. The molecule has 2 aromatic carbocycles. The van der Waals surface area contributed by atoms with E-state index in [0.717, 1.165) is 22.1 Å². The Hall–Kier alpha value is -2.01. The minimum Gasteiger partial charge on any atom is -0.275 e. The lowest BCUT2D eigenvalue weighted by molar-refractivity contribution is -0.137. The molecule has 1 aliphatic heterocycles. The number of nitrogens with zero attached hydrogens (tertiary/aromatic N) is 1. The van der Waals surface area contributed by atoms with E-state index in [1.807, 2.05) is 44.2 Å². The largest absolute Gasteiger partial charge is 0.416 e. The van der Waals surface area contributed by atoms with Gasteiger partial charge in [-0.2, -0.15) is 13.2 Å². The van der Waals surface area contributed by atoms with Crippen LogP contribution in [-0.2, 0) is 12.6 Å².